The van der Waals surface area contributed by atoms with Crippen LogP contribution in [0.25, 0.3) is 0 Å². The van der Waals surface area contributed by atoms with E-state index in [0.29, 0.717) is 24.1 Å². The molecular weight excluding hydrogens is 328 g/mol. The number of nitrogens with one attached hydrogen (secondary N) is 1. The molecule has 0 aromatic carbocycles. The summed E-state index contributed by atoms with van der Waals surface area (Å²) in [7, 11) is 0. The number of amides is 1. The van der Waals surface area contributed by atoms with E-state index in [-0.39, 0.29) is 11.9 Å². The zero-order chi connectivity index (χ0) is 17.8. The minimum absolute atomic E-state index is 0.00926. The second-order valence-electron chi connectivity index (χ2n) is 8.35. The zero-order valence-corrected chi connectivity index (χ0v) is 15.5. The summed E-state index contributed by atoms with van der Waals surface area (Å²) in [6.07, 6.45) is 6.36. The molecule has 26 heavy (non-hydrogen) atoms. The van der Waals surface area contributed by atoms with Gasteiger partial charge in [0.05, 0.1) is 12.6 Å². The minimum Gasteiger partial charge on any atom is -0.325 e. The van der Waals surface area contributed by atoms with E-state index >= 15 is 0 Å². The zero-order valence-electron chi connectivity index (χ0n) is 15.5. The van der Waals surface area contributed by atoms with Crippen LogP contribution < -0.4 is 0 Å². The Labute approximate surface area is 153 Å². The average Bonchev–Trinajstić information content (AvgIpc) is 3.04. The monoisotopic (exact) mass is 354 g/mol. The van der Waals surface area contributed by atoms with Gasteiger partial charge in [0, 0.05) is 23.7 Å². The molecule has 3 heterocycles. The molecule has 7 heteroatoms. The minimum atomic E-state index is -0.00926. The molecule has 2 aliphatic carbocycles. The highest BCUT2D eigenvalue weighted by molar-refractivity contribution is 5.94. The van der Waals surface area contributed by atoms with Gasteiger partial charge < -0.3 is 4.90 Å². The summed E-state index contributed by atoms with van der Waals surface area (Å²) in [6, 6.07) is -0.00926. The van der Waals surface area contributed by atoms with Gasteiger partial charge in [0.1, 0.15) is 5.82 Å². The molecule has 0 unspecified atom stereocenters. The Bertz CT molecular complexity index is 846. The van der Waals surface area contributed by atoms with E-state index in [1.807, 2.05) is 9.58 Å². The molecule has 1 fully saturated rings. The lowest BCUT2D eigenvalue weighted by atomic mass is 9.99. The SMILES string of the molecule is CC(C)C[C@H]1c2nc(C3CC3)nn2CCN1C(=O)c1n[nH]c2c1CCC2. The Morgan fingerprint density at radius 2 is 2.12 bits per heavy atom. The van der Waals surface area contributed by atoms with E-state index in [9.17, 15) is 4.79 Å². The van der Waals surface area contributed by atoms with Crippen molar-refractivity contribution >= 4 is 5.91 Å². The topological polar surface area (TPSA) is 79.7 Å². The summed E-state index contributed by atoms with van der Waals surface area (Å²) < 4.78 is 2.04. The third-order valence-electron chi connectivity index (χ3n) is 5.85. The first-order chi connectivity index (χ1) is 12.6. The van der Waals surface area contributed by atoms with Crippen LogP contribution >= 0.6 is 0 Å². The van der Waals surface area contributed by atoms with Crippen molar-refractivity contribution in [1.29, 1.82) is 0 Å². The van der Waals surface area contributed by atoms with Crippen molar-refractivity contribution in [3.63, 3.8) is 0 Å². The Hall–Kier alpha value is -2.18. The van der Waals surface area contributed by atoms with Gasteiger partial charge >= 0.3 is 0 Å². The Balaban J connectivity index is 1.49. The average molecular weight is 354 g/mol. The molecule has 1 saturated carbocycles. The third kappa shape index (κ3) is 2.56. The summed E-state index contributed by atoms with van der Waals surface area (Å²) in [5.41, 5.74) is 2.90. The van der Waals surface area contributed by atoms with Crippen LogP contribution in [0.15, 0.2) is 0 Å². The lowest BCUT2D eigenvalue weighted by molar-refractivity contribution is 0.0571. The van der Waals surface area contributed by atoms with Crippen molar-refractivity contribution in [1.82, 2.24) is 29.9 Å². The van der Waals surface area contributed by atoms with Gasteiger partial charge in [-0.15, -0.1) is 0 Å². The van der Waals surface area contributed by atoms with Crippen LogP contribution in [0.5, 0.6) is 0 Å². The Morgan fingerprint density at radius 1 is 1.27 bits per heavy atom. The molecule has 0 spiro atoms. The summed E-state index contributed by atoms with van der Waals surface area (Å²) in [5, 5.41) is 12.2. The first kappa shape index (κ1) is 16.0. The van der Waals surface area contributed by atoms with Crippen molar-refractivity contribution in [2.45, 2.75) is 70.9 Å². The van der Waals surface area contributed by atoms with Crippen LogP contribution in [-0.4, -0.2) is 42.3 Å². The maximum Gasteiger partial charge on any atom is 0.275 e. The van der Waals surface area contributed by atoms with Gasteiger partial charge in [-0.2, -0.15) is 10.2 Å². The fourth-order valence-corrected chi connectivity index (χ4v) is 4.35. The van der Waals surface area contributed by atoms with E-state index in [4.69, 9.17) is 10.1 Å². The van der Waals surface area contributed by atoms with E-state index < -0.39 is 0 Å². The Kier molecular flexibility index (Phi) is 3.65. The van der Waals surface area contributed by atoms with Gasteiger partial charge in [0.25, 0.3) is 5.91 Å². The van der Waals surface area contributed by atoms with Crippen LogP contribution in [-0.2, 0) is 19.4 Å². The number of carbonyl (C=O) groups is 1. The van der Waals surface area contributed by atoms with Crippen LogP contribution in [0, 0.1) is 5.92 Å². The van der Waals surface area contributed by atoms with Crippen molar-refractivity contribution < 1.29 is 4.79 Å². The van der Waals surface area contributed by atoms with Crippen LogP contribution in [0.2, 0.25) is 0 Å². The second kappa shape index (κ2) is 5.93. The molecule has 3 aliphatic rings. The fourth-order valence-electron chi connectivity index (χ4n) is 4.35. The van der Waals surface area contributed by atoms with Crippen molar-refractivity contribution in [2.75, 3.05) is 6.54 Å². The quantitative estimate of drug-likeness (QED) is 0.915. The molecule has 5 rings (SSSR count). The number of aryl methyl sites for hydroxylation is 1. The molecule has 2 aromatic rings. The Morgan fingerprint density at radius 3 is 2.88 bits per heavy atom. The van der Waals surface area contributed by atoms with Gasteiger partial charge in [0.2, 0.25) is 0 Å². The highest BCUT2D eigenvalue weighted by Gasteiger charge is 2.38. The number of fused-ring (bicyclic) bond motifs is 2. The fraction of sp³-hybridized carbons (Fsp3) is 0.684. The lowest BCUT2D eigenvalue weighted by Gasteiger charge is -2.35. The molecule has 0 radical (unpaired) electrons. The summed E-state index contributed by atoms with van der Waals surface area (Å²) >= 11 is 0. The largest absolute Gasteiger partial charge is 0.325 e. The number of H-pyrrole nitrogens is 1. The third-order valence-corrected chi connectivity index (χ3v) is 5.85. The van der Waals surface area contributed by atoms with Crippen LogP contribution in [0.1, 0.15) is 84.9 Å². The maximum absolute atomic E-state index is 13.4. The van der Waals surface area contributed by atoms with Crippen molar-refractivity contribution in [3.8, 4) is 0 Å². The van der Waals surface area contributed by atoms with E-state index in [1.165, 1.54) is 12.8 Å². The number of carbonyl (C=O) groups excluding carboxylic acids is 1. The number of hydrogen-bond donors (Lipinski definition) is 1. The van der Waals surface area contributed by atoms with E-state index in [2.05, 4.69) is 24.0 Å². The molecular formula is C19H26N6O. The van der Waals surface area contributed by atoms with E-state index in [0.717, 1.165) is 55.1 Å². The number of aromatic amines is 1. The van der Waals surface area contributed by atoms with Crippen molar-refractivity contribution in [2.24, 2.45) is 5.92 Å². The van der Waals surface area contributed by atoms with Crippen molar-refractivity contribution in [3.05, 3.63) is 28.6 Å². The number of rotatable bonds is 4. The van der Waals surface area contributed by atoms with Gasteiger partial charge in [-0.05, 0) is 44.4 Å². The van der Waals surface area contributed by atoms with Gasteiger partial charge in [0.15, 0.2) is 11.5 Å². The molecule has 1 N–H and O–H groups in total. The molecule has 2 aromatic heterocycles. The molecule has 7 nitrogen and oxygen atoms in total. The number of aromatic nitrogens is 5. The summed E-state index contributed by atoms with van der Waals surface area (Å²) in [5.74, 6) is 3.01. The lowest BCUT2D eigenvalue weighted by Crippen LogP contribution is -2.43. The highest BCUT2D eigenvalue weighted by atomic mass is 16.2. The predicted octanol–water partition coefficient (Wildman–Crippen LogP) is 2.61. The summed E-state index contributed by atoms with van der Waals surface area (Å²) in [6.45, 7) is 5.80. The molecule has 1 atom stereocenters. The molecule has 138 valence electrons. The number of nitrogens with zero attached hydrogens (tertiary/aromatic N) is 5. The molecule has 1 aliphatic heterocycles. The van der Waals surface area contributed by atoms with Gasteiger partial charge in [-0.25, -0.2) is 9.67 Å². The first-order valence-corrected chi connectivity index (χ1v) is 9.93. The van der Waals surface area contributed by atoms with Crippen LogP contribution in [0.4, 0.5) is 0 Å². The van der Waals surface area contributed by atoms with Gasteiger partial charge in [-0.3, -0.25) is 9.89 Å². The smallest absolute Gasteiger partial charge is 0.275 e. The second-order valence-corrected chi connectivity index (χ2v) is 8.35. The molecule has 0 bridgehead atoms. The first-order valence-electron chi connectivity index (χ1n) is 9.93. The van der Waals surface area contributed by atoms with E-state index in [1.54, 1.807) is 0 Å². The predicted molar refractivity (Wildman–Crippen MR) is 95.8 cm³/mol. The molecule has 1 amide bonds. The highest BCUT2D eigenvalue weighted by Crippen LogP contribution is 2.40. The summed E-state index contributed by atoms with van der Waals surface area (Å²) in [4.78, 5) is 20.2. The molecule has 0 saturated heterocycles. The number of hydrogen-bond acceptors (Lipinski definition) is 4. The standard InChI is InChI=1S/C19H26N6O/c1-11(2)10-15-18-20-17(12-6-7-12)23-25(18)9-8-24(15)19(26)16-13-4-3-5-14(13)21-22-16/h11-12,15H,3-10H2,1-2H3,(H,21,22)/t15-/m0/s1. The normalized spacial score (nSPS) is 22.0. The van der Waals surface area contributed by atoms with Crippen LogP contribution in [0.3, 0.4) is 0 Å². The maximum atomic E-state index is 13.4. The van der Waals surface area contributed by atoms with Gasteiger partial charge in [-0.1, -0.05) is 13.8 Å².